The third-order valence-electron chi connectivity index (χ3n) is 4.80. The molecule has 0 bridgehead atoms. The van der Waals surface area contributed by atoms with Crippen LogP contribution in [0.1, 0.15) is 12.5 Å². The van der Waals surface area contributed by atoms with Gasteiger partial charge in [0.2, 0.25) is 5.88 Å². The van der Waals surface area contributed by atoms with Crippen LogP contribution < -0.4 is 16.0 Å². The third-order valence-corrected chi connectivity index (χ3v) is 4.80. The fraction of sp³-hybridized carbons (Fsp3) is 0.190. The van der Waals surface area contributed by atoms with Gasteiger partial charge in [-0.1, -0.05) is 30.3 Å². The molecule has 3 heterocycles. The normalized spacial score (nSPS) is 11.0. The molecule has 144 valence electrons. The molecular weight excluding hydrogens is 370 g/mol. The highest BCUT2D eigenvalue weighted by molar-refractivity contribution is 6.01. The standard InChI is InChI=1S/C21H17N5O3/c1-4-29-19-15(11-22)16(12-8-6-5-7-9-12)13-10-14-18(23-17(13)24-19)25(2)21(28)26(3)20(14)27/h5-10H,4H2,1-3H3. The summed E-state index contributed by atoms with van der Waals surface area (Å²) >= 11 is 0. The highest BCUT2D eigenvalue weighted by Gasteiger charge is 2.21. The van der Waals surface area contributed by atoms with Crippen LogP contribution in [0.25, 0.3) is 33.2 Å². The summed E-state index contributed by atoms with van der Waals surface area (Å²) in [6.45, 7) is 2.13. The maximum absolute atomic E-state index is 12.7. The number of aryl methyl sites for hydroxylation is 1. The maximum atomic E-state index is 12.7. The lowest BCUT2D eigenvalue weighted by Crippen LogP contribution is -2.37. The number of nitriles is 1. The lowest BCUT2D eigenvalue weighted by molar-refractivity contribution is 0.327. The van der Waals surface area contributed by atoms with Crippen LogP contribution in [0.15, 0.2) is 46.0 Å². The smallest absolute Gasteiger partial charge is 0.332 e. The zero-order valence-corrected chi connectivity index (χ0v) is 16.1. The largest absolute Gasteiger partial charge is 0.477 e. The van der Waals surface area contributed by atoms with Gasteiger partial charge in [-0.05, 0) is 18.6 Å². The predicted molar refractivity (Wildman–Crippen MR) is 109 cm³/mol. The summed E-state index contributed by atoms with van der Waals surface area (Å²) < 4.78 is 7.94. The molecule has 29 heavy (non-hydrogen) atoms. The fourth-order valence-electron chi connectivity index (χ4n) is 3.40. The Balaban J connectivity index is 2.26. The lowest BCUT2D eigenvalue weighted by atomic mass is 9.97. The first-order valence-corrected chi connectivity index (χ1v) is 9.00. The highest BCUT2D eigenvalue weighted by Crippen LogP contribution is 2.35. The van der Waals surface area contributed by atoms with Gasteiger partial charge in [0.25, 0.3) is 5.56 Å². The van der Waals surface area contributed by atoms with E-state index in [-0.39, 0.29) is 22.5 Å². The van der Waals surface area contributed by atoms with Gasteiger partial charge in [-0.3, -0.25) is 13.9 Å². The van der Waals surface area contributed by atoms with Crippen molar-refractivity contribution in [1.29, 1.82) is 5.26 Å². The van der Waals surface area contributed by atoms with Gasteiger partial charge >= 0.3 is 5.69 Å². The third kappa shape index (κ3) is 2.75. The molecule has 0 saturated carbocycles. The molecule has 0 N–H and O–H groups in total. The van der Waals surface area contributed by atoms with Crippen LogP contribution in [0.5, 0.6) is 5.88 Å². The second-order valence-corrected chi connectivity index (χ2v) is 6.51. The van der Waals surface area contributed by atoms with E-state index >= 15 is 0 Å². The van der Waals surface area contributed by atoms with Gasteiger partial charge in [0, 0.05) is 25.0 Å². The van der Waals surface area contributed by atoms with E-state index in [4.69, 9.17) is 4.74 Å². The Kier molecular flexibility index (Phi) is 4.35. The first-order chi connectivity index (χ1) is 14.0. The Morgan fingerprint density at radius 3 is 2.45 bits per heavy atom. The Bertz CT molecular complexity index is 1430. The molecule has 3 aromatic heterocycles. The predicted octanol–water partition coefficient (Wildman–Crippen LogP) is 2.12. The second kappa shape index (κ2) is 6.87. The summed E-state index contributed by atoms with van der Waals surface area (Å²) in [5.41, 5.74) is 1.23. The minimum atomic E-state index is -0.476. The van der Waals surface area contributed by atoms with Crippen LogP contribution in [0, 0.1) is 11.3 Å². The van der Waals surface area contributed by atoms with E-state index < -0.39 is 11.2 Å². The van der Waals surface area contributed by atoms with E-state index in [0.29, 0.717) is 23.2 Å². The molecule has 0 atom stereocenters. The number of hydrogen-bond acceptors (Lipinski definition) is 6. The molecule has 8 nitrogen and oxygen atoms in total. The van der Waals surface area contributed by atoms with E-state index in [2.05, 4.69) is 16.0 Å². The average Bonchev–Trinajstić information content (AvgIpc) is 2.75. The molecule has 0 saturated heterocycles. The van der Waals surface area contributed by atoms with Crippen molar-refractivity contribution in [2.24, 2.45) is 14.1 Å². The maximum Gasteiger partial charge on any atom is 0.332 e. The number of fused-ring (bicyclic) bond motifs is 2. The van der Waals surface area contributed by atoms with Gasteiger partial charge in [0.1, 0.15) is 11.6 Å². The quantitative estimate of drug-likeness (QED) is 0.499. The number of nitrogens with zero attached hydrogens (tertiary/aromatic N) is 5. The summed E-state index contributed by atoms with van der Waals surface area (Å²) in [5, 5.41) is 10.7. The monoisotopic (exact) mass is 387 g/mol. The fourth-order valence-corrected chi connectivity index (χ4v) is 3.40. The van der Waals surface area contributed by atoms with Crippen molar-refractivity contribution in [2.45, 2.75) is 6.92 Å². The number of rotatable bonds is 3. The molecule has 4 aromatic rings. The molecule has 0 fully saturated rings. The first kappa shape index (κ1) is 18.4. The van der Waals surface area contributed by atoms with Crippen molar-refractivity contribution < 1.29 is 4.74 Å². The van der Waals surface area contributed by atoms with E-state index in [0.717, 1.165) is 10.1 Å². The SMILES string of the molecule is CCOc1nc2nc3c(cc2c(-c2ccccc2)c1C#N)c(=O)n(C)c(=O)n3C. The van der Waals surface area contributed by atoms with Crippen molar-refractivity contribution in [2.75, 3.05) is 6.61 Å². The Labute approximate surface area is 165 Å². The zero-order chi connectivity index (χ0) is 20.7. The van der Waals surface area contributed by atoms with E-state index in [9.17, 15) is 14.9 Å². The Morgan fingerprint density at radius 2 is 1.79 bits per heavy atom. The zero-order valence-electron chi connectivity index (χ0n) is 16.1. The van der Waals surface area contributed by atoms with Crippen molar-refractivity contribution in [3.05, 3.63) is 62.8 Å². The van der Waals surface area contributed by atoms with Gasteiger partial charge in [-0.25, -0.2) is 9.78 Å². The molecule has 0 aliphatic heterocycles. The van der Waals surface area contributed by atoms with Crippen LogP contribution in [0.4, 0.5) is 0 Å². The molecule has 0 aliphatic rings. The minimum absolute atomic E-state index is 0.169. The summed E-state index contributed by atoms with van der Waals surface area (Å²) in [6.07, 6.45) is 0. The molecule has 0 aliphatic carbocycles. The van der Waals surface area contributed by atoms with Crippen molar-refractivity contribution in [1.82, 2.24) is 19.1 Å². The number of benzene rings is 1. The van der Waals surface area contributed by atoms with Gasteiger partial charge in [0.15, 0.2) is 11.3 Å². The molecule has 4 rings (SSSR count). The first-order valence-electron chi connectivity index (χ1n) is 9.00. The molecule has 0 radical (unpaired) electrons. The van der Waals surface area contributed by atoms with E-state index in [1.54, 1.807) is 20.0 Å². The summed E-state index contributed by atoms with van der Waals surface area (Å²) in [4.78, 5) is 33.9. The van der Waals surface area contributed by atoms with Crippen LogP contribution in [0.2, 0.25) is 0 Å². The van der Waals surface area contributed by atoms with Crippen molar-refractivity contribution in [3.8, 4) is 23.1 Å². The molecular formula is C21H17N5O3. The van der Waals surface area contributed by atoms with Crippen LogP contribution in [-0.4, -0.2) is 25.7 Å². The van der Waals surface area contributed by atoms with Gasteiger partial charge < -0.3 is 4.74 Å². The van der Waals surface area contributed by atoms with Crippen molar-refractivity contribution >= 4 is 22.1 Å². The van der Waals surface area contributed by atoms with E-state index in [1.807, 2.05) is 30.3 Å². The number of pyridine rings is 2. The minimum Gasteiger partial charge on any atom is -0.477 e. The van der Waals surface area contributed by atoms with Gasteiger partial charge in [0.05, 0.1) is 12.0 Å². The van der Waals surface area contributed by atoms with E-state index in [1.165, 1.54) is 11.6 Å². The summed E-state index contributed by atoms with van der Waals surface area (Å²) in [6, 6.07) is 13.2. The highest BCUT2D eigenvalue weighted by atomic mass is 16.5. The number of hydrogen-bond donors (Lipinski definition) is 0. The molecule has 0 spiro atoms. The van der Waals surface area contributed by atoms with Crippen LogP contribution in [-0.2, 0) is 14.1 Å². The van der Waals surface area contributed by atoms with Crippen LogP contribution in [0.3, 0.4) is 0 Å². The van der Waals surface area contributed by atoms with Crippen LogP contribution >= 0.6 is 0 Å². The average molecular weight is 387 g/mol. The van der Waals surface area contributed by atoms with Gasteiger partial charge in [-0.15, -0.1) is 0 Å². The Morgan fingerprint density at radius 1 is 1.07 bits per heavy atom. The van der Waals surface area contributed by atoms with Crippen molar-refractivity contribution in [3.63, 3.8) is 0 Å². The number of aromatic nitrogens is 4. The topological polar surface area (TPSA) is 103 Å². The summed E-state index contributed by atoms with van der Waals surface area (Å²) in [5.74, 6) is 0.169. The van der Waals surface area contributed by atoms with Gasteiger partial charge in [-0.2, -0.15) is 10.2 Å². The number of ether oxygens (including phenoxy) is 1. The molecule has 0 unspecified atom stereocenters. The second-order valence-electron chi connectivity index (χ2n) is 6.51. The molecule has 8 heteroatoms. The lowest BCUT2D eigenvalue weighted by Gasteiger charge is -2.14. The molecule has 1 aromatic carbocycles. The summed E-state index contributed by atoms with van der Waals surface area (Å²) in [7, 11) is 2.97. The molecule has 0 amide bonds. The Hall–Kier alpha value is -3.99.